The van der Waals surface area contributed by atoms with Crippen molar-refractivity contribution in [3.05, 3.63) is 35.4 Å². The molecule has 0 fully saturated rings. The third-order valence-electron chi connectivity index (χ3n) is 3.35. The van der Waals surface area contributed by atoms with Gasteiger partial charge in [0.05, 0.1) is 5.41 Å². The van der Waals surface area contributed by atoms with E-state index in [1.54, 1.807) is 0 Å². The standard InChI is InChI=1S/C15H22O2/c1-6-15(4,5)14(16)17-12(3)13-10-8-7-9-11(13)2/h7-10,12H,6H2,1-5H3. The second kappa shape index (κ2) is 5.35. The van der Waals surface area contributed by atoms with Gasteiger partial charge in [0, 0.05) is 0 Å². The summed E-state index contributed by atoms with van der Waals surface area (Å²) in [6.07, 6.45) is 0.598. The van der Waals surface area contributed by atoms with Gasteiger partial charge in [0.2, 0.25) is 0 Å². The first-order valence-corrected chi connectivity index (χ1v) is 6.15. The molecule has 0 amide bonds. The van der Waals surface area contributed by atoms with Crippen molar-refractivity contribution in [3.8, 4) is 0 Å². The first-order chi connectivity index (χ1) is 7.88. The molecule has 0 aliphatic carbocycles. The highest BCUT2D eigenvalue weighted by Crippen LogP contribution is 2.27. The fraction of sp³-hybridized carbons (Fsp3) is 0.533. The van der Waals surface area contributed by atoms with E-state index < -0.39 is 5.41 Å². The SMILES string of the molecule is CCC(C)(C)C(=O)OC(C)c1ccccc1C. The van der Waals surface area contributed by atoms with E-state index in [2.05, 4.69) is 0 Å². The van der Waals surface area contributed by atoms with Crippen LogP contribution in [0, 0.1) is 12.3 Å². The molecule has 0 bridgehead atoms. The van der Waals surface area contributed by atoms with Crippen molar-refractivity contribution < 1.29 is 9.53 Å². The van der Waals surface area contributed by atoms with Gasteiger partial charge in [-0.3, -0.25) is 4.79 Å². The molecule has 0 aromatic heterocycles. The molecule has 0 aliphatic heterocycles. The number of carbonyl (C=O) groups is 1. The summed E-state index contributed by atoms with van der Waals surface area (Å²) in [5, 5.41) is 0. The van der Waals surface area contributed by atoms with Crippen LogP contribution in [0.25, 0.3) is 0 Å². The lowest BCUT2D eigenvalue weighted by molar-refractivity contribution is -0.159. The third-order valence-corrected chi connectivity index (χ3v) is 3.35. The third kappa shape index (κ3) is 3.32. The zero-order chi connectivity index (χ0) is 13.1. The minimum atomic E-state index is -0.406. The van der Waals surface area contributed by atoms with Gasteiger partial charge in [-0.05, 0) is 45.2 Å². The molecule has 1 atom stereocenters. The number of benzene rings is 1. The van der Waals surface area contributed by atoms with Crippen LogP contribution in [0.4, 0.5) is 0 Å². The van der Waals surface area contributed by atoms with Gasteiger partial charge in [0.1, 0.15) is 6.10 Å². The first-order valence-electron chi connectivity index (χ1n) is 6.15. The highest BCUT2D eigenvalue weighted by atomic mass is 16.5. The molecule has 17 heavy (non-hydrogen) atoms. The monoisotopic (exact) mass is 234 g/mol. The molecule has 94 valence electrons. The molecule has 0 N–H and O–H groups in total. The molecular formula is C15H22O2. The average molecular weight is 234 g/mol. The molecule has 1 aromatic rings. The second-order valence-electron chi connectivity index (χ2n) is 5.14. The van der Waals surface area contributed by atoms with Crippen LogP contribution in [-0.4, -0.2) is 5.97 Å². The van der Waals surface area contributed by atoms with Gasteiger partial charge in [-0.15, -0.1) is 0 Å². The summed E-state index contributed by atoms with van der Waals surface area (Å²) >= 11 is 0. The van der Waals surface area contributed by atoms with Crippen LogP contribution in [0.2, 0.25) is 0 Å². The smallest absolute Gasteiger partial charge is 0.312 e. The van der Waals surface area contributed by atoms with Crippen LogP contribution in [0.5, 0.6) is 0 Å². The summed E-state index contributed by atoms with van der Waals surface area (Å²) in [7, 11) is 0. The Hall–Kier alpha value is -1.31. The molecule has 1 rings (SSSR count). The maximum atomic E-state index is 12.0. The predicted molar refractivity (Wildman–Crippen MR) is 69.8 cm³/mol. The topological polar surface area (TPSA) is 26.3 Å². The van der Waals surface area contributed by atoms with Gasteiger partial charge >= 0.3 is 5.97 Å². The number of hydrogen-bond donors (Lipinski definition) is 0. The van der Waals surface area contributed by atoms with Gasteiger partial charge in [-0.1, -0.05) is 31.2 Å². The molecule has 1 unspecified atom stereocenters. The fourth-order valence-electron chi connectivity index (χ4n) is 1.57. The molecule has 0 heterocycles. The number of rotatable bonds is 4. The van der Waals surface area contributed by atoms with Crippen molar-refractivity contribution >= 4 is 5.97 Å². The summed E-state index contributed by atoms with van der Waals surface area (Å²) in [5.74, 6) is -0.129. The maximum Gasteiger partial charge on any atom is 0.312 e. The Labute approximate surface area is 104 Å². The first kappa shape index (κ1) is 13.8. The molecule has 2 heteroatoms. The molecule has 0 saturated carbocycles. The van der Waals surface area contributed by atoms with E-state index in [1.165, 1.54) is 0 Å². The molecule has 0 aliphatic rings. The van der Waals surface area contributed by atoms with Crippen molar-refractivity contribution in [3.63, 3.8) is 0 Å². The lowest BCUT2D eigenvalue weighted by Gasteiger charge is -2.24. The van der Waals surface area contributed by atoms with E-state index in [-0.39, 0.29) is 12.1 Å². The number of esters is 1. The summed E-state index contributed by atoms with van der Waals surface area (Å²) in [6.45, 7) is 9.79. The Morgan fingerprint density at radius 1 is 1.35 bits per heavy atom. The Balaban J connectivity index is 2.77. The quantitative estimate of drug-likeness (QED) is 0.735. The number of carbonyl (C=O) groups excluding carboxylic acids is 1. The van der Waals surface area contributed by atoms with Crippen molar-refractivity contribution in [2.75, 3.05) is 0 Å². The lowest BCUT2D eigenvalue weighted by Crippen LogP contribution is -2.26. The van der Waals surface area contributed by atoms with E-state index in [1.807, 2.05) is 58.9 Å². The van der Waals surface area contributed by atoms with Crippen LogP contribution in [-0.2, 0) is 9.53 Å². The molecule has 0 saturated heterocycles. The molecule has 0 radical (unpaired) electrons. The highest BCUT2D eigenvalue weighted by molar-refractivity contribution is 5.76. The Kier molecular flexibility index (Phi) is 4.33. The van der Waals surface area contributed by atoms with Crippen LogP contribution in [0.15, 0.2) is 24.3 Å². The lowest BCUT2D eigenvalue weighted by atomic mass is 9.90. The number of aryl methyl sites for hydroxylation is 1. The van der Waals surface area contributed by atoms with Crippen LogP contribution in [0.3, 0.4) is 0 Å². The minimum Gasteiger partial charge on any atom is -0.457 e. The summed E-state index contributed by atoms with van der Waals surface area (Å²) in [4.78, 5) is 12.0. The zero-order valence-corrected chi connectivity index (χ0v) is 11.4. The molecule has 2 nitrogen and oxygen atoms in total. The van der Waals surface area contributed by atoms with E-state index in [0.717, 1.165) is 17.5 Å². The molecule has 1 aromatic carbocycles. The van der Waals surface area contributed by atoms with E-state index in [4.69, 9.17) is 4.74 Å². The van der Waals surface area contributed by atoms with Crippen molar-refractivity contribution in [2.24, 2.45) is 5.41 Å². The zero-order valence-electron chi connectivity index (χ0n) is 11.4. The fourth-order valence-corrected chi connectivity index (χ4v) is 1.57. The van der Waals surface area contributed by atoms with E-state index >= 15 is 0 Å². The minimum absolute atomic E-state index is 0.129. The second-order valence-corrected chi connectivity index (χ2v) is 5.14. The summed E-state index contributed by atoms with van der Waals surface area (Å²) < 4.78 is 5.53. The van der Waals surface area contributed by atoms with Crippen LogP contribution < -0.4 is 0 Å². The largest absolute Gasteiger partial charge is 0.457 e. The van der Waals surface area contributed by atoms with Gasteiger partial charge in [0.25, 0.3) is 0 Å². The van der Waals surface area contributed by atoms with Gasteiger partial charge in [-0.25, -0.2) is 0 Å². The average Bonchev–Trinajstić information content (AvgIpc) is 2.29. The summed E-state index contributed by atoms with van der Waals surface area (Å²) in [6, 6.07) is 8.00. The Bertz CT molecular complexity index is 394. The number of hydrogen-bond acceptors (Lipinski definition) is 2. The number of ether oxygens (including phenoxy) is 1. The van der Waals surface area contributed by atoms with Crippen molar-refractivity contribution in [1.29, 1.82) is 0 Å². The van der Waals surface area contributed by atoms with Crippen molar-refractivity contribution in [1.82, 2.24) is 0 Å². The van der Waals surface area contributed by atoms with Crippen LogP contribution in [0.1, 0.15) is 51.3 Å². The predicted octanol–water partition coefficient (Wildman–Crippen LogP) is 4.04. The maximum absolute atomic E-state index is 12.0. The normalized spacial score (nSPS) is 13.2. The molecule has 0 spiro atoms. The molecular weight excluding hydrogens is 212 g/mol. The Morgan fingerprint density at radius 3 is 2.47 bits per heavy atom. The van der Waals surface area contributed by atoms with E-state index in [0.29, 0.717) is 0 Å². The van der Waals surface area contributed by atoms with Gasteiger partial charge in [0.15, 0.2) is 0 Å². The summed E-state index contributed by atoms with van der Waals surface area (Å²) in [5.41, 5.74) is 1.83. The highest BCUT2D eigenvalue weighted by Gasteiger charge is 2.28. The van der Waals surface area contributed by atoms with Crippen LogP contribution >= 0.6 is 0 Å². The van der Waals surface area contributed by atoms with Crippen molar-refractivity contribution in [2.45, 2.75) is 47.1 Å². The van der Waals surface area contributed by atoms with Gasteiger partial charge < -0.3 is 4.74 Å². The Morgan fingerprint density at radius 2 is 1.94 bits per heavy atom. The van der Waals surface area contributed by atoms with E-state index in [9.17, 15) is 4.79 Å². The van der Waals surface area contributed by atoms with Gasteiger partial charge in [-0.2, -0.15) is 0 Å².